The molecule has 0 heterocycles. The lowest BCUT2D eigenvalue weighted by Crippen LogP contribution is -2.30. The van der Waals surface area contributed by atoms with Gasteiger partial charge in [0, 0.05) is 19.5 Å². The number of benzene rings is 1. The topological polar surface area (TPSA) is 57.6 Å². The van der Waals surface area contributed by atoms with Gasteiger partial charge in [-0.3, -0.25) is 4.79 Å². The summed E-state index contributed by atoms with van der Waals surface area (Å²) in [5.74, 6) is -1.03. The van der Waals surface area contributed by atoms with Gasteiger partial charge in [0.2, 0.25) is 5.91 Å². The Hall–Kier alpha value is -2.10. The van der Waals surface area contributed by atoms with E-state index in [0.717, 1.165) is 36.6 Å². The number of rotatable bonds is 7. The van der Waals surface area contributed by atoms with E-state index in [2.05, 4.69) is 6.92 Å². The second-order valence-corrected chi connectivity index (χ2v) is 4.61. The van der Waals surface area contributed by atoms with Crippen LogP contribution in [0.5, 0.6) is 0 Å². The van der Waals surface area contributed by atoms with Crippen LogP contribution >= 0.6 is 0 Å². The van der Waals surface area contributed by atoms with E-state index in [-0.39, 0.29) is 5.91 Å². The molecule has 1 amide bonds. The average molecular weight is 275 g/mol. The molecule has 4 nitrogen and oxygen atoms in total. The number of amides is 1. The highest BCUT2D eigenvalue weighted by Gasteiger charge is 2.13. The van der Waals surface area contributed by atoms with Crippen molar-refractivity contribution in [2.75, 3.05) is 11.4 Å². The predicted octanol–water partition coefficient (Wildman–Crippen LogP) is 3.33. The number of aliphatic carboxylic acids is 1. The second kappa shape index (κ2) is 8.15. The molecule has 0 bridgehead atoms. The highest BCUT2D eigenvalue weighted by Crippen LogP contribution is 2.22. The Kier molecular flexibility index (Phi) is 6.50. The van der Waals surface area contributed by atoms with Crippen molar-refractivity contribution in [3.05, 3.63) is 35.9 Å². The summed E-state index contributed by atoms with van der Waals surface area (Å²) in [4.78, 5) is 24.2. The molecule has 0 aromatic heterocycles. The lowest BCUT2D eigenvalue weighted by Gasteiger charge is -2.23. The third kappa shape index (κ3) is 4.88. The highest BCUT2D eigenvalue weighted by molar-refractivity contribution is 5.95. The summed E-state index contributed by atoms with van der Waals surface area (Å²) in [5, 5.41) is 8.72. The fraction of sp³-hybridized carbons (Fsp3) is 0.375. The Morgan fingerprint density at radius 2 is 1.95 bits per heavy atom. The quantitative estimate of drug-likeness (QED) is 0.613. The summed E-state index contributed by atoms with van der Waals surface area (Å²) < 4.78 is 0. The Balaban J connectivity index is 3.00. The van der Waals surface area contributed by atoms with Crippen LogP contribution in [0.1, 0.15) is 38.7 Å². The van der Waals surface area contributed by atoms with E-state index in [4.69, 9.17) is 5.11 Å². The van der Waals surface area contributed by atoms with E-state index in [1.807, 2.05) is 24.3 Å². The highest BCUT2D eigenvalue weighted by atomic mass is 16.4. The number of hydrogen-bond donors (Lipinski definition) is 1. The van der Waals surface area contributed by atoms with Crippen molar-refractivity contribution < 1.29 is 14.7 Å². The van der Waals surface area contributed by atoms with Gasteiger partial charge in [0.15, 0.2) is 0 Å². The van der Waals surface area contributed by atoms with Crippen LogP contribution in [0.25, 0.3) is 6.08 Å². The number of carbonyl (C=O) groups is 2. The van der Waals surface area contributed by atoms with Gasteiger partial charge in [-0.25, -0.2) is 4.79 Å². The summed E-state index contributed by atoms with van der Waals surface area (Å²) in [6, 6.07) is 7.33. The molecule has 0 unspecified atom stereocenters. The smallest absolute Gasteiger partial charge is 0.328 e. The predicted molar refractivity (Wildman–Crippen MR) is 80.7 cm³/mol. The number of carboxylic acids is 1. The summed E-state index contributed by atoms with van der Waals surface area (Å²) in [6.07, 6.45) is 5.70. The molecule has 1 aromatic rings. The van der Waals surface area contributed by atoms with Crippen LogP contribution in [-0.2, 0) is 9.59 Å². The molecule has 1 aromatic carbocycles. The molecule has 0 aliphatic rings. The Bertz CT molecular complexity index is 494. The maximum Gasteiger partial charge on any atom is 0.328 e. The molecule has 0 saturated heterocycles. The Morgan fingerprint density at radius 1 is 1.25 bits per heavy atom. The van der Waals surface area contributed by atoms with Crippen LogP contribution in [0, 0.1) is 0 Å². The van der Waals surface area contributed by atoms with E-state index >= 15 is 0 Å². The monoisotopic (exact) mass is 275 g/mol. The van der Waals surface area contributed by atoms with Gasteiger partial charge in [-0.15, -0.1) is 0 Å². The normalized spacial score (nSPS) is 10.7. The van der Waals surface area contributed by atoms with Crippen molar-refractivity contribution in [3.63, 3.8) is 0 Å². The number of unbranched alkanes of at least 4 members (excludes halogenated alkanes) is 2. The second-order valence-electron chi connectivity index (χ2n) is 4.61. The molecule has 20 heavy (non-hydrogen) atoms. The van der Waals surface area contributed by atoms with Gasteiger partial charge in [-0.05, 0) is 24.1 Å². The zero-order valence-corrected chi connectivity index (χ0v) is 12.0. The number of anilines is 1. The number of para-hydroxylation sites is 1. The first-order valence-corrected chi connectivity index (χ1v) is 6.84. The molecular formula is C16H21NO3. The van der Waals surface area contributed by atoms with E-state index in [0.29, 0.717) is 6.54 Å². The van der Waals surface area contributed by atoms with Crippen molar-refractivity contribution >= 4 is 23.6 Å². The van der Waals surface area contributed by atoms with E-state index in [1.165, 1.54) is 13.0 Å². The summed E-state index contributed by atoms with van der Waals surface area (Å²) >= 11 is 0. The van der Waals surface area contributed by atoms with Crippen LogP contribution < -0.4 is 4.90 Å². The van der Waals surface area contributed by atoms with Gasteiger partial charge in [0.05, 0.1) is 5.69 Å². The third-order valence-corrected chi connectivity index (χ3v) is 3.00. The lowest BCUT2D eigenvalue weighted by molar-refractivity contribution is -0.131. The first kappa shape index (κ1) is 16.0. The minimum absolute atomic E-state index is 0.0303. The van der Waals surface area contributed by atoms with Gasteiger partial charge in [-0.1, -0.05) is 38.0 Å². The standard InChI is InChI=1S/C16H21NO3/c1-3-4-7-12-17(13(2)18)15-9-6-5-8-14(15)10-11-16(19)20/h5-6,8-11H,3-4,7,12H2,1-2H3,(H,19,20)/b11-10+. The van der Waals surface area contributed by atoms with Crippen molar-refractivity contribution in [1.82, 2.24) is 0 Å². The SMILES string of the molecule is CCCCCN(C(C)=O)c1ccccc1/C=C/C(=O)O. The molecule has 0 spiro atoms. The van der Waals surface area contributed by atoms with Crippen LogP contribution in [0.15, 0.2) is 30.3 Å². The molecule has 0 radical (unpaired) electrons. The molecule has 1 rings (SSSR count). The van der Waals surface area contributed by atoms with E-state index in [1.54, 1.807) is 4.90 Å². The van der Waals surface area contributed by atoms with E-state index < -0.39 is 5.97 Å². The van der Waals surface area contributed by atoms with Gasteiger partial charge < -0.3 is 10.0 Å². The minimum atomic E-state index is -1.000. The minimum Gasteiger partial charge on any atom is -0.478 e. The van der Waals surface area contributed by atoms with Crippen molar-refractivity contribution in [2.24, 2.45) is 0 Å². The zero-order chi connectivity index (χ0) is 15.0. The van der Waals surface area contributed by atoms with Crippen LogP contribution in [0.4, 0.5) is 5.69 Å². The molecule has 0 saturated carbocycles. The molecule has 0 aliphatic heterocycles. The number of carboxylic acid groups (broad SMARTS) is 1. The van der Waals surface area contributed by atoms with E-state index in [9.17, 15) is 9.59 Å². The number of nitrogens with zero attached hydrogens (tertiary/aromatic N) is 1. The first-order chi connectivity index (χ1) is 9.56. The molecule has 1 N–H and O–H groups in total. The maximum absolute atomic E-state index is 11.8. The Morgan fingerprint density at radius 3 is 2.55 bits per heavy atom. The van der Waals surface area contributed by atoms with Crippen molar-refractivity contribution in [3.8, 4) is 0 Å². The summed E-state index contributed by atoms with van der Waals surface area (Å²) in [6.45, 7) is 4.30. The lowest BCUT2D eigenvalue weighted by atomic mass is 10.1. The fourth-order valence-corrected chi connectivity index (χ4v) is 2.00. The van der Waals surface area contributed by atoms with Crippen molar-refractivity contribution in [1.29, 1.82) is 0 Å². The molecular weight excluding hydrogens is 254 g/mol. The largest absolute Gasteiger partial charge is 0.478 e. The first-order valence-electron chi connectivity index (χ1n) is 6.84. The third-order valence-electron chi connectivity index (χ3n) is 3.00. The molecule has 0 aliphatic carbocycles. The number of carbonyl (C=O) groups excluding carboxylic acids is 1. The molecule has 4 heteroatoms. The molecule has 0 atom stereocenters. The van der Waals surface area contributed by atoms with Gasteiger partial charge in [-0.2, -0.15) is 0 Å². The van der Waals surface area contributed by atoms with Crippen LogP contribution in [0.2, 0.25) is 0 Å². The van der Waals surface area contributed by atoms with Gasteiger partial charge in [0.25, 0.3) is 0 Å². The van der Waals surface area contributed by atoms with Crippen LogP contribution in [-0.4, -0.2) is 23.5 Å². The van der Waals surface area contributed by atoms with Crippen molar-refractivity contribution in [2.45, 2.75) is 33.1 Å². The summed E-state index contributed by atoms with van der Waals surface area (Å²) in [5.41, 5.74) is 1.50. The van der Waals surface area contributed by atoms with Gasteiger partial charge >= 0.3 is 5.97 Å². The average Bonchev–Trinajstić information content (AvgIpc) is 2.41. The fourth-order valence-electron chi connectivity index (χ4n) is 2.00. The number of hydrogen-bond acceptors (Lipinski definition) is 2. The molecule has 108 valence electrons. The maximum atomic E-state index is 11.8. The summed E-state index contributed by atoms with van der Waals surface area (Å²) in [7, 11) is 0. The Labute approximate surface area is 119 Å². The zero-order valence-electron chi connectivity index (χ0n) is 12.0. The van der Waals surface area contributed by atoms with Crippen LogP contribution in [0.3, 0.4) is 0 Å². The van der Waals surface area contributed by atoms with Gasteiger partial charge in [0.1, 0.15) is 0 Å². The molecule has 0 fully saturated rings.